The number of aryl methyl sites for hydroxylation is 1. The molecule has 88 valence electrons. The van der Waals surface area contributed by atoms with Crippen LogP contribution in [0.3, 0.4) is 0 Å². The lowest BCUT2D eigenvalue weighted by molar-refractivity contribution is 0.762. The molecule has 5 nitrogen and oxygen atoms in total. The second-order valence-corrected chi connectivity index (χ2v) is 4.04. The van der Waals surface area contributed by atoms with Crippen LogP contribution >= 0.6 is 23.8 Å². The van der Waals surface area contributed by atoms with Gasteiger partial charge in [0.1, 0.15) is 16.7 Å². The summed E-state index contributed by atoms with van der Waals surface area (Å²) in [5.41, 5.74) is 8.23. The molecular weight excluding hydrogens is 246 g/mol. The maximum atomic E-state index is 5.94. The number of thiocarbonyl (C=S) groups is 1. The van der Waals surface area contributed by atoms with Gasteiger partial charge in [0.2, 0.25) is 0 Å². The Balaban J connectivity index is 2.62. The second-order valence-electron chi connectivity index (χ2n) is 3.22. The first-order valence-electron chi connectivity index (χ1n) is 4.96. The number of aromatic nitrogens is 2. The molecular formula is C9H14ClN5S. The number of halogens is 1. The molecule has 1 heterocycles. The van der Waals surface area contributed by atoms with E-state index < -0.39 is 0 Å². The molecule has 0 aliphatic carbocycles. The number of hydrazone groups is 1. The molecule has 0 aliphatic rings. The van der Waals surface area contributed by atoms with Crippen molar-refractivity contribution >= 4 is 35.1 Å². The summed E-state index contributed by atoms with van der Waals surface area (Å²) in [6.45, 7) is 2.12. The van der Waals surface area contributed by atoms with Crippen molar-refractivity contribution in [3.05, 3.63) is 16.7 Å². The van der Waals surface area contributed by atoms with E-state index in [9.17, 15) is 0 Å². The number of rotatable bonds is 5. The number of hydrogen-bond donors (Lipinski definition) is 3. The lowest BCUT2D eigenvalue weighted by atomic mass is 10.2. The van der Waals surface area contributed by atoms with Crippen LogP contribution in [0.1, 0.15) is 31.3 Å². The van der Waals surface area contributed by atoms with Gasteiger partial charge in [0.05, 0.1) is 6.21 Å². The Labute approximate surface area is 104 Å². The summed E-state index contributed by atoms with van der Waals surface area (Å²) in [6, 6.07) is 0. The van der Waals surface area contributed by atoms with Crippen LogP contribution in [-0.2, 0) is 6.42 Å². The lowest BCUT2D eigenvalue weighted by Crippen LogP contribution is -2.24. The van der Waals surface area contributed by atoms with Crippen molar-refractivity contribution in [2.24, 2.45) is 10.8 Å². The van der Waals surface area contributed by atoms with E-state index in [0.717, 1.165) is 25.1 Å². The molecule has 0 saturated carbocycles. The van der Waals surface area contributed by atoms with Crippen molar-refractivity contribution in [2.75, 3.05) is 0 Å². The maximum Gasteiger partial charge on any atom is 0.184 e. The largest absolute Gasteiger partial charge is 0.375 e. The van der Waals surface area contributed by atoms with E-state index in [1.165, 1.54) is 6.21 Å². The van der Waals surface area contributed by atoms with E-state index in [1.807, 2.05) is 0 Å². The minimum absolute atomic E-state index is 0.106. The standard InChI is InChI=1S/C9H14ClN5S/c1-2-3-4-7-13-6(8(10)14-7)5-12-15-9(11)16/h5H,2-4H2,1H3,(H,13,14)(H3,11,15,16)/b12-5+. The van der Waals surface area contributed by atoms with Gasteiger partial charge >= 0.3 is 0 Å². The normalized spacial score (nSPS) is 10.9. The fourth-order valence-electron chi connectivity index (χ4n) is 1.12. The average Bonchev–Trinajstić information content (AvgIpc) is 2.56. The third-order valence-corrected chi connectivity index (χ3v) is 2.24. The van der Waals surface area contributed by atoms with E-state index in [4.69, 9.17) is 17.3 Å². The molecule has 0 radical (unpaired) electrons. The summed E-state index contributed by atoms with van der Waals surface area (Å²) in [4.78, 5) is 7.27. The number of H-pyrrole nitrogens is 1. The highest BCUT2D eigenvalue weighted by Gasteiger charge is 2.05. The minimum atomic E-state index is 0.106. The van der Waals surface area contributed by atoms with Gasteiger partial charge in [-0.15, -0.1) is 0 Å². The molecule has 0 saturated heterocycles. The predicted molar refractivity (Wildman–Crippen MR) is 69.7 cm³/mol. The van der Waals surface area contributed by atoms with Crippen LogP contribution in [0.2, 0.25) is 5.15 Å². The zero-order valence-electron chi connectivity index (χ0n) is 8.96. The molecule has 1 rings (SSSR count). The van der Waals surface area contributed by atoms with Crippen molar-refractivity contribution < 1.29 is 0 Å². The summed E-state index contributed by atoms with van der Waals surface area (Å²) in [6.07, 6.45) is 4.55. The smallest absolute Gasteiger partial charge is 0.184 e. The number of unbranched alkanes of at least 4 members (excludes halogenated alkanes) is 1. The number of nitrogens with two attached hydrogens (primary N) is 1. The SMILES string of the molecule is CCCCc1nc(/C=N/NC(N)=S)c(Cl)[nH]1. The van der Waals surface area contributed by atoms with Crippen LogP contribution in [0.15, 0.2) is 5.10 Å². The van der Waals surface area contributed by atoms with Gasteiger partial charge in [-0.05, 0) is 18.6 Å². The fraction of sp³-hybridized carbons (Fsp3) is 0.444. The first kappa shape index (κ1) is 12.9. The quantitative estimate of drug-likeness (QED) is 0.426. The van der Waals surface area contributed by atoms with Crippen molar-refractivity contribution in [1.82, 2.24) is 15.4 Å². The highest BCUT2D eigenvalue weighted by atomic mass is 35.5. The van der Waals surface area contributed by atoms with E-state index in [0.29, 0.717) is 10.8 Å². The zero-order valence-corrected chi connectivity index (χ0v) is 10.5. The molecule has 0 atom stereocenters. The van der Waals surface area contributed by atoms with Crippen LogP contribution in [0.4, 0.5) is 0 Å². The fourth-order valence-corrected chi connectivity index (χ4v) is 1.37. The molecule has 0 bridgehead atoms. The van der Waals surface area contributed by atoms with Gasteiger partial charge in [-0.3, -0.25) is 5.43 Å². The van der Waals surface area contributed by atoms with Gasteiger partial charge in [0.25, 0.3) is 0 Å². The van der Waals surface area contributed by atoms with Gasteiger partial charge < -0.3 is 10.7 Å². The highest BCUT2D eigenvalue weighted by molar-refractivity contribution is 7.80. The minimum Gasteiger partial charge on any atom is -0.375 e. The third kappa shape index (κ3) is 4.16. The first-order valence-corrected chi connectivity index (χ1v) is 5.75. The van der Waals surface area contributed by atoms with Crippen LogP contribution in [0, 0.1) is 0 Å². The predicted octanol–water partition coefficient (Wildman–Crippen LogP) is 1.57. The van der Waals surface area contributed by atoms with Crippen molar-refractivity contribution in [3.8, 4) is 0 Å². The average molecular weight is 260 g/mol. The molecule has 0 aromatic carbocycles. The zero-order chi connectivity index (χ0) is 12.0. The molecule has 0 amide bonds. The Morgan fingerprint density at radius 3 is 3.12 bits per heavy atom. The number of nitrogens with one attached hydrogen (secondary N) is 2. The van der Waals surface area contributed by atoms with Gasteiger partial charge in [0, 0.05) is 6.42 Å². The van der Waals surface area contributed by atoms with Crippen molar-refractivity contribution in [3.63, 3.8) is 0 Å². The van der Waals surface area contributed by atoms with Gasteiger partial charge in [0.15, 0.2) is 5.11 Å². The van der Waals surface area contributed by atoms with E-state index in [-0.39, 0.29) is 5.11 Å². The molecule has 0 aliphatic heterocycles. The first-order chi connectivity index (χ1) is 7.63. The Bertz CT molecular complexity index is 387. The van der Waals surface area contributed by atoms with Crippen LogP contribution < -0.4 is 11.2 Å². The number of aromatic amines is 1. The number of nitrogens with zero attached hydrogens (tertiary/aromatic N) is 2. The number of imidazole rings is 1. The van der Waals surface area contributed by atoms with Gasteiger partial charge in [-0.2, -0.15) is 5.10 Å². The van der Waals surface area contributed by atoms with E-state index in [1.54, 1.807) is 0 Å². The summed E-state index contributed by atoms with van der Waals surface area (Å²) in [5.74, 6) is 0.864. The van der Waals surface area contributed by atoms with Crippen LogP contribution in [0.5, 0.6) is 0 Å². The topological polar surface area (TPSA) is 79.1 Å². The summed E-state index contributed by atoms with van der Waals surface area (Å²) in [5, 5.41) is 4.36. The van der Waals surface area contributed by atoms with Crippen molar-refractivity contribution in [2.45, 2.75) is 26.2 Å². The Kier molecular flexibility index (Phi) is 5.21. The van der Waals surface area contributed by atoms with Crippen LogP contribution in [-0.4, -0.2) is 21.3 Å². The molecule has 0 fully saturated rings. The van der Waals surface area contributed by atoms with Crippen molar-refractivity contribution in [1.29, 1.82) is 0 Å². The van der Waals surface area contributed by atoms with E-state index >= 15 is 0 Å². The Morgan fingerprint density at radius 1 is 1.75 bits per heavy atom. The lowest BCUT2D eigenvalue weighted by Gasteiger charge is -1.92. The third-order valence-electron chi connectivity index (χ3n) is 1.86. The Morgan fingerprint density at radius 2 is 2.50 bits per heavy atom. The summed E-state index contributed by atoms with van der Waals surface area (Å²) >= 11 is 10.5. The molecule has 16 heavy (non-hydrogen) atoms. The summed E-state index contributed by atoms with van der Waals surface area (Å²) < 4.78 is 0. The monoisotopic (exact) mass is 259 g/mol. The molecule has 1 aromatic heterocycles. The Hall–Kier alpha value is -1.14. The second kappa shape index (κ2) is 6.44. The molecule has 0 unspecified atom stereocenters. The summed E-state index contributed by atoms with van der Waals surface area (Å²) in [7, 11) is 0. The van der Waals surface area contributed by atoms with Gasteiger partial charge in [-0.25, -0.2) is 4.98 Å². The van der Waals surface area contributed by atoms with E-state index in [2.05, 4.69) is 39.6 Å². The highest BCUT2D eigenvalue weighted by Crippen LogP contribution is 2.12. The number of hydrogen-bond acceptors (Lipinski definition) is 3. The molecule has 0 spiro atoms. The molecule has 4 N–H and O–H groups in total. The van der Waals surface area contributed by atoms with Gasteiger partial charge in [-0.1, -0.05) is 24.9 Å². The molecule has 7 heteroatoms. The van der Waals surface area contributed by atoms with Crippen LogP contribution in [0.25, 0.3) is 0 Å². The maximum absolute atomic E-state index is 5.94. The molecule has 1 aromatic rings.